The summed E-state index contributed by atoms with van der Waals surface area (Å²) in [6, 6.07) is 0. The van der Waals surface area contributed by atoms with Crippen molar-refractivity contribution in [3.8, 4) is 0 Å². The first-order chi connectivity index (χ1) is 12.2. The lowest BCUT2D eigenvalue weighted by atomic mass is 10.0. The number of carbonyl (C=O) groups is 1. The summed E-state index contributed by atoms with van der Waals surface area (Å²) >= 11 is 0. The quantitative estimate of drug-likeness (QED) is 0.234. The van der Waals surface area contributed by atoms with Gasteiger partial charge in [0.2, 0.25) is 0 Å². The average Bonchev–Trinajstić information content (AvgIpc) is 2.53. The van der Waals surface area contributed by atoms with Gasteiger partial charge in [-0.25, -0.2) is 4.79 Å². The van der Waals surface area contributed by atoms with Gasteiger partial charge in [-0.2, -0.15) is 0 Å². The number of esters is 1. The second-order valence-electron chi connectivity index (χ2n) is 7.54. The van der Waals surface area contributed by atoms with Crippen molar-refractivity contribution in [3.63, 3.8) is 0 Å². The van der Waals surface area contributed by atoms with E-state index in [4.69, 9.17) is 4.74 Å². The molecule has 0 unspecified atom stereocenters. The third-order valence-electron chi connectivity index (χ3n) is 4.12. The highest BCUT2D eigenvalue weighted by Crippen LogP contribution is 2.13. The van der Waals surface area contributed by atoms with E-state index in [0.717, 1.165) is 38.6 Å². The topological polar surface area (TPSA) is 29.5 Å². The molecule has 0 aliphatic carbocycles. The number of likely N-dealkylation sites (N-methyl/N-ethyl adjacent to an activating group) is 1. The molecule has 0 amide bonds. The minimum Gasteiger partial charge on any atom is -0.461 e. The number of hydrogen-bond donors (Lipinski definition) is 0. The van der Waals surface area contributed by atoms with Gasteiger partial charge >= 0.3 is 5.97 Å². The first kappa shape index (κ1) is 24.4. The molecule has 0 aromatic rings. The molecule has 3 nitrogen and oxygen atoms in total. The van der Waals surface area contributed by atoms with Gasteiger partial charge in [0.15, 0.2) is 0 Å². The number of hydrogen-bond acceptors (Lipinski definition) is 3. The van der Waals surface area contributed by atoms with Crippen LogP contribution in [0.25, 0.3) is 0 Å². The van der Waals surface area contributed by atoms with Crippen LogP contribution in [0.5, 0.6) is 0 Å². The lowest BCUT2D eigenvalue weighted by molar-refractivity contribution is -0.139. The number of allylic oxidation sites excluding steroid dienone is 6. The molecular weight excluding hydrogens is 322 g/mol. The Morgan fingerprint density at radius 1 is 0.885 bits per heavy atom. The molecule has 0 radical (unpaired) electrons. The number of ether oxygens (including phenoxy) is 1. The third-order valence-corrected chi connectivity index (χ3v) is 4.12. The van der Waals surface area contributed by atoms with Crippen molar-refractivity contribution in [2.45, 2.75) is 66.2 Å². The minimum atomic E-state index is -0.271. The van der Waals surface area contributed by atoms with Crippen LogP contribution in [0.3, 0.4) is 0 Å². The maximum Gasteiger partial charge on any atom is 0.333 e. The Kier molecular flexibility index (Phi) is 13.6. The van der Waals surface area contributed by atoms with Gasteiger partial charge in [-0.1, -0.05) is 41.5 Å². The zero-order valence-corrected chi connectivity index (χ0v) is 17.9. The molecule has 0 N–H and O–H groups in total. The smallest absolute Gasteiger partial charge is 0.333 e. The average molecular weight is 362 g/mol. The Morgan fingerprint density at radius 2 is 1.38 bits per heavy atom. The molecule has 26 heavy (non-hydrogen) atoms. The molecule has 0 spiro atoms. The molecule has 3 heteroatoms. The molecule has 0 saturated heterocycles. The minimum absolute atomic E-state index is 0.271. The van der Waals surface area contributed by atoms with Gasteiger partial charge in [0.25, 0.3) is 0 Å². The summed E-state index contributed by atoms with van der Waals surface area (Å²) in [6.45, 7) is 13.7. The molecule has 148 valence electrons. The second-order valence-corrected chi connectivity index (χ2v) is 7.54. The highest BCUT2D eigenvalue weighted by atomic mass is 16.5. The summed E-state index contributed by atoms with van der Waals surface area (Å²) in [4.78, 5) is 13.8. The third kappa shape index (κ3) is 14.7. The molecule has 0 rings (SSSR count). The maximum atomic E-state index is 11.8. The van der Waals surface area contributed by atoms with E-state index >= 15 is 0 Å². The summed E-state index contributed by atoms with van der Waals surface area (Å²) in [5, 5.41) is 0. The Hall–Kier alpha value is -1.61. The molecule has 0 fully saturated rings. The van der Waals surface area contributed by atoms with Gasteiger partial charge in [-0.3, -0.25) is 0 Å². The number of carbonyl (C=O) groups excluding carboxylic acids is 1. The first-order valence-electron chi connectivity index (χ1n) is 9.66. The van der Waals surface area contributed by atoms with E-state index in [1.807, 2.05) is 19.0 Å². The summed E-state index contributed by atoms with van der Waals surface area (Å²) in [6.07, 6.45) is 12.8. The standard InChI is InChI=1S/C23H39NO2/c1-19(2)11-8-12-20(3)13-9-14-21(4)15-10-16-22(5)23(25)26-18-17-24(6)7/h11,13,15H,5,8-10,12,14,16-18H2,1-4,6-7H3/b20-13+,21-15+. The fourth-order valence-electron chi connectivity index (χ4n) is 2.36. The van der Waals surface area contributed by atoms with Crippen LogP contribution in [0.1, 0.15) is 66.2 Å². The molecule has 0 bridgehead atoms. The second kappa shape index (κ2) is 14.5. The molecule has 0 heterocycles. The van der Waals surface area contributed by atoms with Gasteiger partial charge in [0.1, 0.15) is 6.61 Å². The molecule has 0 aromatic heterocycles. The van der Waals surface area contributed by atoms with Crippen LogP contribution in [-0.2, 0) is 9.53 Å². The maximum absolute atomic E-state index is 11.8. The van der Waals surface area contributed by atoms with E-state index in [9.17, 15) is 4.79 Å². The fourth-order valence-corrected chi connectivity index (χ4v) is 2.36. The van der Waals surface area contributed by atoms with E-state index in [2.05, 4.69) is 52.5 Å². The van der Waals surface area contributed by atoms with Crippen LogP contribution in [0.15, 0.2) is 47.1 Å². The summed E-state index contributed by atoms with van der Waals surface area (Å²) in [5.74, 6) is -0.271. The van der Waals surface area contributed by atoms with Gasteiger partial charge in [0.05, 0.1) is 0 Å². The normalized spacial score (nSPS) is 12.3. The van der Waals surface area contributed by atoms with Crippen LogP contribution >= 0.6 is 0 Å². The van der Waals surface area contributed by atoms with Gasteiger partial charge in [0, 0.05) is 12.1 Å². The predicted molar refractivity (Wildman–Crippen MR) is 113 cm³/mol. The molecule has 0 aliphatic heterocycles. The summed E-state index contributed by atoms with van der Waals surface area (Å²) < 4.78 is 5.20. The zero-order valence-electron chi connectivity index (χ0n) is 17.9. The molecule has 0 aromatic carbocycles. The molecule has 0 saturated carbocycles. The predicted octanol–water partition coefficient (Wildman–Crippen LogP) is 5.85. The fraction of sp³-hybridized carbons (Fsp3) is 0.609. The van der Waals surface area contributed by atoms with Crippen molar-refractivity contribution in [3.05, 3.63) is 47.1 Å². The summed E-state index contributed by atoms with van der Waals surface area (Å²) in [5.41, 5.74) is 4.78. The van der Waals surface area contributed by atoms with E-state index in [1.165, 1.54) is 16.7 Å². The molecule has 0 aliphatic rings. The Balaban J connectivity index is 4.01. The van der Waals surface area contributed by atoms with Crippen LogP contribution < -0.4 is 0 Å². The van der Waals surface area contributed by atoms with Gasteiger partial charge < -0.3 is 9.64 Å². The van der Waals surface area contributed by atoms with Crippen molar-refractivity contribution < 1.29 is 9.53 Å². The van der Waals surface area contributed by atoms with Crippen molar-refractivity contribution in [2.24, 2.45) is 0 Å². The zero-order chi connectivity index (χ0) is 19.9. The first-order valence-corrected chi connectivity index (χ1v) is 9.66. The lowest BCUT2D eigenvalue weighted by Gasteiger charge is -2.10. The number of nitrogens with zero attached hydrogens (tertiary/aromatic N) is 1. The van der Waals surface area contributed by atoms with Crippen molar-refractivity contribution in [1.82, 2.24) is 4.90 Å². The SMILES string of the molecule is C=C(CC/C=C(\C)CC/C=C(\C)CCC=C(C)C)C(=O)OCCN(C)C. The Bertz CT molecular complexity index is 520. The van der Waals surface area contributed by atoms with Crippen LogP contribution in [0.2, 0.25) is 0 Å². The largest absolute Gasteiger partial charge is 0.461 e. The van der Waals surface area contributed by atoms with Crippen molar-refractivity contribution in [2.75, 3.05) is 27.2 Å². The molecule has 0 atom stereocenters. The van der Waals surface area contributed by atoms with Gasteiger partial charge in [-0.15, -0.1) is 0 Å². The Morgan fingerprint density at radius 3 is 1.88 bits per heavy atom. The number of rotatable bonds is 13. The summed E-state index contributed by atoms with van der Waals surface area (Å²) in [7, 11) is 3.91. The van der Waals surface area contributed by atoms with Crippen LogP contribution in [-0.4, -0.2) is 38.1 Å². The van der Waals surface area contributed by atoms with E-state index in [-0.39, 0.29) is 5.97 Å². The van der Waals surface area contributed by atoms with Gasteiger partial charge in [-0.05, 0) is 80.3 Å². The Labute approximate surface area is 161 Å². The lowest BCUT2D eigenvalue weighted by Crippen LogP contribution is -2.20. The van der Waals surface area contributed by atoms with Crippen LogP contribution in [0.4, 0.5) is 0 Å². The van der Waals surface area contributed by atoms with E-state index in [1.54, 1.807) is 0 Å². The van der Waals surface area contributed by atoms with E-state index < -0.39 is 0 Å². The van der Waals surface area contributed by atoms with Crippen molar-refractivity contribution in [1.29, 1.82) is 0 Å². The molecular formula is C23H39NO2. The van der Waals surface area contributed by atoms with E-state index in [0.29, 0.717) is 18.6 Å². The highest BCUT2D eigenvalue weighted by molar-refractivity contribution is 5.87. The van der Waals surface area contributed by atoms with Crippen LogP contribution in [0, 0.1) is 0 Å². The highest BCUT2D eigenvalue weighted by Gasteiger charge is 2.07. The monoisotopic (exact) mass is 361 g/mol. The van der Waals surface area contributed by atoms with Crippen molar-refractivity contribution >= 4 is 5.97 Å².